The highest BCUT2D eigenvalue weighted by atomic mass is 15.1. The second kappa shape index (κ2) is 4.96. The van der Waals surface area contributed by atoms with E-state index in [-0.39, 0.29) is 0 Å². The standard InChI is InChI=1S/C17H20N2/c1-19(16-5-3-2-4-6-16)17(13-7-8-13)14-9-11-15(18)12-10-14/h2-6,9-13,17H,7-8,18H2,1H3. The maximum absolute atomic E-state index is 5.79. The van der Waals surface area contributed by atoms with Crippen molar-refractivity contribution in [2.75, 3.05) is 17.7 Å². The Morgan fingerprint density at radius 1 is 1.00 bits per heavy atom. The van der Waals surface area contributed by atoms with Crippen molar-refractivity contribution in [1.82, 2.24) is 0 Å². The second-order valence-corrected chi connectivity index (χ2v) is 5.40. The SMILES string of the molecule is CN(c1ccccc1)C(c1ccc(N)cc1)C1CC1. The quantitative estimate of drug-likeness (QED) is 0.837. The summed E-state index contributed by atoms with van der Waals surface area (Å²) in [7, 11) is 2.19. The van der Waals surface area contributed by atoms with Crippen molar-refractivity contribution < 1.29 is 0 Å². The Morgan fingerprint density at radius 3 is 2.21 bits per heavy atom. The lowest BCUT2D eigenvalue weighted by molar-refractivity contribution is 0.593. The van der Waals surface area contributed by atoms with Crippen LogP contribution in [0.5, 0.6) is 0 Å². The van der Waals surface area contributed by atoms with Crippen LogP contribution in [-0.2, 0) is 0 Å². The third-order valence-corrected chi connectivity index (χ3v) is 3.93. The van der Waals surface area contributed by atoms with Gasteiger partial charge >= 0.3 is 0 Å². The highest BCUT2D eigenvalue weighted by molar-refractivity contribution is 5.50. The fraction of sp³-hybridized carbons (Fsp3) is 0.294. The Hall–Kier alpha value is -1.96. The van der Waals surface area contributed by atoms with Gasteiger partial charge in [-0.05, 0) is 48.6 Å². The van der Waals surface area contributed by atoms with Crippen molar-refractivity contribution in [2.24, 2.45) is 5.92 Å². The van der Waals surface area contributed by atoms with Crippen molar-refractivity contribution in [3.63, 3.8) is 0 Å². The Balaban J connectivity index is 1.91. The van der Waals surface area contributed by atoms with Crippen LogP contribution in [0, 0.1) is 5.92 Å². The van der Waals surface area contributed by atoms with E-state index in [1.54, 1.807) is 0 Å². The summed E-state index contributed by atoms with van der Waals surface area (Å²) in [6.07, 6.45) is 2.65. The summed E-state index contributed by atoms with van der Waals surface area (Å²) in [5.74, 6) is 0.772. The molecule has 2 aromatic rings. The molecule has 1 unspecified atom stereocenters. The Kier molecular flexibility index (Phi) is 3.16. The van der Waals surface area contributed by atoms with E-state index in [0.717, 1.165) is 11.6 Å². The third kappa shape index (κ3) is 2.58. The monoisotopic (exact) mass is 252 g/mol. The molecule has 2 nitrogen and oxygen atoms in total. The van der Waals surface area contributed by atoms with E-state index < -0.39 is 0 Å². The van der Waals surface area contributed by atoms with Gasteiger partial charge in [0.15, 0.2) is 0 Å². The van der Waals surface area contributed by atoms with Crippen molar-refractivity contribution in [3.8, 4) is 0 Å². The zero-order chi connectivity index (χ0) is 13.2. The number of rotatable bonds is 4. The van der Waals surface area contributed by atoms with Gasteiger partial charge in [0, 0.05) is 18.4 Å². The van der Waals surface area contributed by atoms with Crippen LogP contribution in [0.3, 0.4) is 0 Å². The molecule has 1 saturated carbocycles. The van der Waals surface area contributed by atoms with Gasteiger partial charge in [-0.2, -0.15) is 0 Å². The number of para-hydroxylation sites is 1. The first-order valence-corrected chi connectivity index (χ1v) is 6.89. The predicted molar refractivity (Wildman–Crippen MR) is 81.2 cm³/mol. The minimum Gasteiger partial charge on any atom is -0.399 e. The van der Waals surface area contributed by atoms with Gasteiger partial charge in [-0.15, -0.1) is 0 Å². The number of hydrogen-bond acceptors (Lipinski definition) is 2. The number of nitrogens with zero attached hydrogens (tertiary/aromatic N) is 1. The molecule has 3 rings (SSSR count). The van der Waals surface area contributed by atoms with E-state index in [9.17, 15) is 0 Å². The molecular weight excluding hydrogens is 232 g/mol. The van der Waals surface area contributed by atoms with Gasteiger partial charge in [0.1, 0.15) is 0 Å². The first-order chi connectivity index (χ1) is 9.25. The lowest BCUT2D eigenvalue weighted by atomic mass is 10.00. The van der Waals surface area contributed by atoms with Gasteiger partial charge in [0.05, 0.1) is 6.04 Å². The second-order valence-electron chi connectivity index (χ2n) is 5.40. The van der Waals surface area contributed by atoms with E-state index in [2.05, 4.69) is 54.4 Å². The van der Waals surface area contributed by atoms with Crippen LogP contribution in [0.1, 0.15) is 24.4 Å². The lowest BCUT2D eigenvalue weighted by Crippen LogP contribution is -2.25. The zero-order valence-corrected chi connectivity index (χ0v) is 11.3. The topological polar surface area (TPSA) is 29.3 Å². The maximum Gasteiger partial charge on any atom is 0.0567 e. The van der Waals surface area contributed by atoms with Crippen LogP contribution in [-0.4, -0.2) is 7.05 Å². The molecule has 1 fully saturated rings. The first-order valence-electron chi connectivity index (χ1n) is 6.89. The molecule has 1 aliphatic rings. The molecule has 1 aliphatic carbocycles. The van der Waals surface area contributed by atoms with E-state index >= 15 is 0 Å². The number of nitrogen functional groups attached to an aromatic ring is 1. The summed E-state index contributed by atoms with van der Waals surface area (Å²) in [4.78, 5) is 2.39. The molecule has 0 aliphatic heterocycles. The van der Waals surface area contributed by atoms with E-state index in [1.165, 1.54) is 24.1 Å². The molecule has 0 heterocycles. The molecule has 0 spiro atoms. The molecule has 98 valence electrons. The van der Waals surface area contributed by atoms with Gasteiger partial charge in [-0.25, -0.2) is 0 Å². The summed E-state index contributed by atoms with van der Waals surface area (Å²) in [5, 5.41) is 0. The van der Waals surface area contributed by atoms with Crippen molar-refractivity contribution in [2.45, 2.75) is 18.9 Å². The van der Waals surface area contributed by atoms with Gasteiger partial charge in [-0.1, -0.05) is 30.3 Å². The fourth-order valence-corrected chi connectivity index (χ4v) is 2.74. The van der Waals surface area contributed by atoms with E-state index in [4.69, 9.17) is 5.73 Å². The summed E-state index contributed by atoms with van der Waals surface area (Å²) < 4.78 is 0. The van der Waals surface area contributed by atoms with Crippen molar-refractivity contribution in [1.29, 1.82) is 0 Å². The fourth-order valence-electron chi connectivity index (χ4n) is 2.74. The normalized spacial score (nSPS) is 16.1. The molecule has 2 aromatic carbocycles. The summed E-state index contributed by atoms with van der Waals surface area (Å²) in [5.41, 5.74) is 9.26. The summed E-state index contributed by atoms with van der Waals surface area (Å²) in [6.45, 7) is 0. The Morgan fingerprint density at radius 2 is 1.63 bits per heavy atom. The van der Waals surface area contributed by atoms with Crippen LogP contribution < -0.4 is 10.6 Å². The predicted octanol–water partition coefficient (Wildman–Crippen LogP) is 3.86. The molecule has 1 atom stereocenters. The molecule has 19 heavy (non-hydrogen) atoms. The molecular formula is C17H20N2. The summed E-state index contributed by atoms with van der Waals surface area (Å²) >= 11 is 0. The maximum atomic E-state index is 5.79. The number of hydrogen-bond donors (Lipinski definition) is 1. The third-order valence-electron chi connectivity index (χ3n) is 3.93. The molecule has 2 N–H and O–H groups in total. The minimum absolute atomic E-state index is 0.461. The van der Waals surface area contributed by atoms with Crippen LogP contribution in [0.25, 0.3) is 0 Å². The zero-order valence-electron chi connectivity index (χ0n) is 11.3. The van der Waals surface area contributed by atoms with E-state index in [0.29, 0.717) is 6.04 Å². The first kappa shape index (κ1) is 12.1. The molecule has 0 aromatic heterocycles. The Bertz CT molecular complexity index is 529. The van der Waals surface area contributed by atoms with Crippen LogP contribution in [0.15, 0.2) is 54.6 Å². The molecule has 0 bridgehead atoms. The highest BCUT2D eigenvalue weighted by Crippen LogP contribution is 2.45. The molecule has 0 saturated heterocycles. The highest BCUT2D eigenvalue weighted by Gasteiger charge is 2.35. The smallest absolute Gasteiger partial charge is 0.0567 e. The van der Waals surface area contributed by atoms with E-state index in [1.807, 2.05) is 12.1 Å². The average molecular weight is 252 g/mol. The van der Waals surface area contributed by atoms with Gasteiger partial charge < -0.3 is 10.6 Å². The Labute approximate surface area is 114 Å². The van der Waals surface area contributed by atoms with Gasteiger partial charge in [0.2, 0.25) is 0 Å². The van der Waals surface area contributed by atoms with Gasteiger partial charge in [0.25, 0.3) is 0 Å². The molecule has 0 radical (unpaired) electrons. The van der Waals surface area contributed by atoms with Crippen LogP contribution in [0.2, 0.25) is 0 Å². The number of nitrogens with two attached hydrogens (primary N) is 1. The molecule has 2 heteroatoms. The summed E-state index contributed by atoms with van der Waals surface area (Å²) in [6, 6.07) is 19.4. The lowest BCUT2D eigenvalue weighted by Gasteiger charge is -2.31. The van der Waals surface area contributed by atoms with Crippen molar-refractivity contribution >= 4 is 11.4 Å². The number of benzene rings is 2. The number of anilines is 2. The van der Waals surface area contributed by atoms with Crippen LogP contribution >= 0.6 is 0 Å². The van der Waals surface area contributed by atoms with Crippen molar-refractivity contribution in [3.05, 3.63) is 60.2 Å². The molecule has 0 amide bonds. The minimum atomic E-state index is 0.461. The average Bonchev–Trinajstić information content (AvgIpc) is 3.27. The largest absolute Gasteiger partial charge is 0.399 e. The van der Waals surface area contributed by atoms with Gasteiger partial charge in [-0.3, -0.25) is 0 Å². The van der Waals surface area contributed by atoms with Crippen LogP contribution in [0.4, 0.5) is 11.4 Å².